The second-order valence-corrected chi connectivity index (χ2v) is 4.56. The number of carbonyl (C=O) groups is 2. The van der Waals surface area contributed by atoms with Gasteiger partial charge in [-0.1, -0.05) is 24.3 Å². The highest BCUT2D eigenvalue weighted by atomic mass is 19.1. The number of nitrogens with one attached hydrogen (secondary N) is 2. The molecule has 0 aromatic heterocycles. The smallest absolute Gasteiger partial charge is 0.251 e. The monoisotopic (exact) mass is 286 g/mol. The van der Waals surface area contributed by atoms with Crippen LogP contribution in [0.5, 0.6) is 0 Å². The Morgan fingerprint density at radius 3 is 2.43 bits per heavy atom. The first-order chi connectivity index (χ1) is 10.1. The van der Waals surface area contributed by atoms with Crippen LogP contribution in [0.4, 0.5) is 10.1 Å². The first kappa shape index (κ1) is 14.7. The fourth-order valence-corrected chi connectivity index (χ4v) is 1.75. The van der Waals surface area contributed by atoms with Gasteiger partial charge in [0.05, 0.1) is 0 Å². The summed E-state index contributed by atoms with van der Waals surface area (Å²) in [6.07, 6.45) is 0. The minimum atomic E-state index is -0.735. The minimum absolute atomic E-state index is 0.336. The van der Waals surface area contributed by atoms with Crippen molar-refractivity contribution in [3.63, 3.8) is 0 Å². The number of halogens is 1. The molecule has 0 radical (unpaired) electrons. The lowest BCUT2D eigenvalue weighted by Crippen LogP contribution is -2.41. The van der Waals surface area contributed by atoms with E-state index in [-0.39, 0.29) is 5.91 Å². The minimum Gasteiger partial charge on any atom is -0.341 e. The molecule has 4 nitrogen and oxygen atoms in total. The second-order valence-electron chi connectivity index (χ2n) is 4.56. The highest BCUT2D eigenvalue weighted by molar-refractivity contribution is 6.00. The van der Waals surface area contributed by atoms with E-state index in [1.54, 1.807) is 43.3 Å². The van der Waals surface area contributed by atoms with Crippen LogP contribution in [0.2, 0.25) is 0 Å². The van der Waals surface area contributed by atoms with Crippen LogP contribution in [0.1, 0.15) is 17.3 Å². The molecule has 2 amide bonds. The van der Waals surface area contributed by atoms with Gasteiger partial charge in [-0.25, -0.2) is 4.39 Å². The fraction of sp³-hybridized carbons (Fsp3) is 0.125. The van der Waals surface area contributed by atoms with E-state index in [1.165, 1.54) is 18.2 Å². The Hall–Kier alpha value is -2.69. The van der Waals surface area contributed by atoms with E-state index < -0.39 is 17.8 Å². The lowest BCUT2D eigenvalue weighted by Gasteiger charge is -2.14. The molecule has 108 valence electrons. The maximum absolute atomic E-state index is 13.0. The van der Waals surface area contributed by atoms with Crippen LogP contribution in [0.15, 0.2) is 54.6 Å². The summed E-state index contributed by atoms with van der Waals surface area (Å²) < 4.78 is 13.0. The molecule has 2 rings (SSSR count). The maximum Gasteiger partial charge on any atom is 0.251 e. The van der Waals surface area contributed by atoms with Crippen LogP contribution in [0.3, 0.4) is 0 Å². The summed E-state index contributed by atoms with van der Waals surface area (Å²) in [6.45, 7) is 1.56. The van der Waals surface area contributed by atoms with Crippen LogP contribution in [0, 0.1) is 5.82 Å². The Kier molecular flexibility index (Phi) is 4.66. The lowest BCUT2D eigenvalue weighted by molar-refractivity contribution is -0.117. The van der Waals surface area contributed by atoms with Gasteiger partial charge in [0.25, 0.3) is 5.91 Å². The molecule has 2 N–H and O–H groups in total. The van der Waals surface area contributed by atoms with Crippen molar-refractivity contribution in [3.05, 3.63) is 66.0 Å². The van der Waals surface area contributed by atoms with Crippen molar-refractivity contribution in [2.75, 3.05) is 5.32 Å². The number of amides is 2. The predicted octanol–water partition coefficient (Wildman–Crippen LogP) is 2.58. The van der Waals surface area contributed by atoms with Crippen LogP contribution in [0.25, 0.3) is 0 Å². The Bertz CT molecular complexity index is 644. The average Bonchev–Trinajstić information content (AvgIpc) is 2.48. The molecular weight excluding hydrogens is 271 g/mol. The van der Waals surface area contributed by atoms with Crippen LogP contribution in [-0.4, -0.2) is 17.9 Å². The van der Waals surface area contributed by atoms with Crippen molar-refractivity contribution in [2.24, 2.45) is 0 Å². The van der Waals surface area contributed by atoms with Crippen molar-refractivity contribution in [1.29, 1.82) is 0 Å². The molecule has 2 aromatic carbocycles. The predicted molar refractivity (Wildman–Crippen MR) is 78.4 cm³/mol. The normalized spacial score (nSPS) is 11.5. The molecule has 21 heavy (non-hydrogen) atoms. The highest BCUT2D eigenvalue weighted by Gasteiger charge is 2.16. The number of rotatable bonds is 4. The van der Waals surface area contributed by atoms with Crippen molar-refractivity contribution in [3.8, 4) is 0 Å². The van der Waals surface area contributed by atoms with Crippen molar-refractivity contribution in [1.82, 2.24) is 5.32 Å². The second kappa shape index (κ2) is 6.65. The van der Waals surface area contributed by atoms with Gasteiger partial charge in [-0.05, 0) is 37.3 Å². The topological polar surface area (TPSA) is 58.2 Å². The standard InChI is InChI=1S/C16H15FN2O2/c1-11(18-16(21)12-6-3-2-4-7-12)15(20)19-14-9-5-8-13(17)10-14/h2-11H,1H3,(H,18,21)(H,19,20)/t11-/m1/s1. The Morgan fingerprint density at radius 2 is 1.76 bits per heavy atom. The summed E-state index contributed by atoms with van der Waals surface area (Å²) in [5, 5.41) is 5.13. The number of hydrogen-bond donors (Lipinski definition) is 2. The van der Waals surface area contributed by atoms with Gasteiger partial charge >= 0.3 is 0 Å². The molecule has 0 aliphatic carbocycles. The van der Waals surface area contributed by atoms with E-state index in [0.29, 0.717) is 11.3 Å². The Morgan fingerprint density at radius 1 is 1.05 bits per heavy atom. The number of anilines is 1. The molecule has 1 atom stereocenters. The van der Waals surface area contributed by atoms with Crippen molar-refractivity contribution < 1.29 is 14.0 Å². The van der Waals surface area contributed by atoms with Crippen LogP contribution < -0.4 is 10.6 Å². The van der Waals surface area contributed by atoms with E-state index in [9.17, 15) is 14.0 Å². The molecule has 0 aliphatic rings. The van der Waals surface area contributed by atoms with E-state index in [4.69, 9.17) is 0 Å². The fourth-order valence-electron chi connectivity index (χ4n) is 1.75. The van der Waals surface area contributed by atoms with Gasteiger partial charge in [0, 0.05) is 11.3 Å². The molecule has 0 unspecified atom stereocenters. The third kappa shape index (κ3) is 4.14. The number of benzene rings is 2. The van der Waals surface area contributed by atoms with Crippen LogP contribution >= 0.6 is 0 Å². The van der Waals surface area contributed by atoms with Gasteiger partial charge < -0.3 is 10.6 Å². The van der Waals surface area contributed by atoms with Gasteiger partial charge in [0.15, 0.2) is 0 Å². The molecule has 0 saturated heterocycles. The first-order valence-corrected chi connectivity index (χ1v) is 6.48. The highest BCUT2D eigenvalue weighted by Crippen LogP contribution is 2.09. The zero-order chi connectivity index (χ0) is 15.2. The molecule has 0 saturated carbocycles. The summed E-state index contributed by atoms with van der Waals surface area (Å²) in [6, 6.07) is 13.4. The quantitative estimate of drug-likeness (QED) is 0.907. The average molecular weight is 286 g/mol. The van der Waals surface area contributed by atoms with Gasteiger partial charge in [-0.3, -0.25) is 9.59 Å². The molecule has 0 spiro atoms. The van der Waals surface area contributed by atoms with Gasteiger partial charge in [0.2, 0.25) is 5.91 Å². The summed E-state index contributed by atoms with van der Waals surface area (Å²) >= 11 is 0. The first-order valence-electron chi connectivity index (χ1n) is 6.48. The summed E-state index contributed by atoms with van der Waals surface area (Å²) in [4.78, 5) is 23.9. The van der Waals surface area contributed by atoms with E-state index >= 15 is 0 Å². The summed E-state index contributed by atoms with van der Waals surface area (Å²) in [5.74, 6) is -1.18. The molecule has 0 bridgehead atoms. The molecule has 2 aromatic rings. The largest absolute Gasteiger partial charge is 0.341 e. The number of hydrogen-bond acceptors (Lipinski definition) is 2. The molecule has 0 aliphatic heterocycles. The summed E-state index contributed by atoms with van der Waals surface area (Å²) in [5.41, 5.74) is 0.823. The van der Waals surface area contributed by atoms with Crippen LogP contribution in [-0.2, 0) is 4.79 Å². The van der Waals surface area contributed by atoms with E-state index in [2.05, 4.69) is 10.6 Å². The van der Waals surface area contributed by atoms with Gasteiger partial charge in [0.1, 0.15) is 11.9 Å². The van der Waals surface area contributed by atoms with Crippen molar-refractivity contribution >= 4 is 17.5 Å². The third-order valence-corrected chi connectivity index (χ3v) is 2.87. The van der Waals surface area contributed by atoms with E-state index in [0.717, 1.165) is 0 Å². The zero-order valence-electron chi connectivity index (χ0n) is 11.5. The maximum atomic E-state index is 13.0. The molecule has 5 heteroatoms. The van der Waals surface area contributed by atoms with E-state index in [1.807, 2.05) is 0 Å². The molecule has 0 heterocycles. The SMILES string of the molecule is C[C@@H](NC(=O)c1ccccc1)C(=O)Nc1cccc(F)c1. The zero-order valence-corrected chi connectivity index (χ0v) is 11.5. The molecule has 0 fully saturated rings. The van der Waals surface area contributed by atoms with Gasteiger partial charge in [-0.15, -0.1) is 0 Å². The third-order valence-electron chi connectivity index (χ3n) is 2.87. The molecular formula is C16H15FN2O2. The Labute approximate surface area is 122 Å². The Balaban J connectivity index is 1.95. The summed E-state index contributed by atoms with van der Waals surface area (Å²) in [7, 11) is 0. The lowest BCUT2D eigenvalue weighted by atomic mass is 10.2. The number of carbonyl (C=O) groups excluding carboxylic acids is 2. The van der Waals surface area contributed by atoms with Crippen molar-refractivity contribution in [2.45, 2.75) is 13.0 Å². The van der Waals surface area contributed by atoms with Gasteiger partial charge in [-0.2, -0.15) is 0 Å².